The third kappa shape index (κ3) is 3.74. The van der Waals surface area contributed by atoms with Crippen LogP contribution in [0.3, 0.4) is 0 Å². The van der Waals surface area contributed by atoms with Crippen LogP contribution in [0, 0.1) is 6.92 Å². The van der Waals surface area contributed by atoms with Crippen molar-refractivity contribution >= 4 is 34.2 Å². The van der Waals surface area contributed by atoms with E-state index in [1.807, 2.05) is 37.3 Å². The zero-order valence-electron chi connectivity index (χ0n) is 17.1. The molecule has 8 heteroatoms. The van der Waals surface area contributed by atoms with Gasteiger partial charge in [-0.1, -0.05) is 17.7 Å². The van der Waals surface area contributed by atoms with Crippen LogP contribution in [-0.4, -0.2) is 25.7 Å². The molecule has 0 saturated heterocycles. The van der Waals surface area contributed by atoms with Crippen LogP contribution < -0.4 is 5.32 Å². The number of furan rings is 1. The van der Waals surface area contributed by atoms with E-state index < -0.39 is 0 Å². The first-order valence-corrected chi connectivity index (χ1v) is 10.3. The van der Waals surface area contributed by atoms with E-state index >= 15 is 0 Å². The number of fused-ring (bicyclic) bond motifs is 1. The summed E-state index contributed by atoms with van der Waals surface area (Å²) in [5.74, 6) is 0.467. The monoisotopic (exact) mass is 443 g/mol. The second kappa shape index (κ2) is 8.28. The maximum absolute atomic E-state index is 13.3. The van der Waals surface area contributed by atoms with Crippen molar-refractivity contribution in [2.75, 3.05) is 5.32 Å². The number of anilines is 1. The normalized spacial score (nSPS) is 11.1. The zero-order chi connectivity index (χ0) is 22.1. The molecule has 7 nitrogen and oxygen atoms in total. The maximum atomic E-state index is 13.3. The fraction of sp³-hybridized carbons (Fsp3) is 0.0833. The Bertz CT molecular complexity index is 1410. The van der Waals surface area contributed by atoms with Crippen LogP contribution >= 0.6 is 11.6 Å². The highest BCUT2D eigenvalue weighted by molar-refractivity contribution is 6.31. The minimum absolute atomic E-state index is 0.273. The summed E-state index contributed by atoms with van der Waals surface area (Å²) >= 11 is 6.22. The average molecular weight is 444 g/mol. The molecule has 1 amide bonds. The Morgan fingerprint density at radius 1 is 1.16 bits per heavy atom. The lowest BCUT2D eigenvalue weighted by atomic mass is 10.1. The number of hydrogen-bond acceptors (Lipinski definition) is 5. The van der Waals surface area contributed by atoms with E-state index in [4.69, 9.17) is 21.0 Å². The van der Waals surface area contributed by atoms with Gasteiger partial charge in [-0.15, -0.1) is 0 Å². The molecule has 4 aromatic heterocycles. The van der Waals surface area contributed by atoms with Gasteiger partial charge >= 0.3 is 0 Å². The summed E-state index contributed by atoms with van der Waals surface area (Å²) in [6, 6.07) is 14.6. The van der Waals surface area contributed by atoms with Crippen LogP contribution in [0.1, 0.15) is 21.7 Å². The van der Waals surface area contributed by atoms with Gasteiger partial charge in [-0.2, -0.15) is 5.10 Å². The second-order valence-corrected chi connectivity index (χ2v) is 7.69. The first-order chi connectivity index (χ1) is 15.6. The Balaban J connectivity index is 1.62. The molecule has 5 aromatic rings. The topological polar surface area (TPSA) is 85.8 Å². The molecule has 1 N–H and O–H groups in total. The Labute approximate surface area is 188 Å². The summed E-state index contributed by atoms with van der Waals surface area (Å²) in [4.78, 5) is 22.3. The van der Waals surface area contributed by atoms with Crippen molar-refractivity contribution in [3.8, 4) is 11.3 Å². The van der Waals surface area contributed by atoms with E-state index in [0.29, 0.717) is 39.5 Å². The van der Waals surface area contributed by atoms with Gasteiger partial charge in [-0.25, -0.2) is 9.67 Å². The quantitative estimate of drug-likeness (QED) is 0.395. The highest BCUT2D eigenvalue weighted by Crippen LogP contribution is 2.28. The number of halogens is 1. The molecule has 0 aliphatic carbocycles. The number of benzene rings is 1. The van der Waals surface area contributed by atoms with Gasteiger partial charge in [0.2, 0.25) is 0 Å². The number of nitrogens with zero attached hydrogens (tertiary/aromatic N) is 4. The van der Waals surface area contributed by atoms with Crippen LogP contribution in [0.25, 0.3) is 22.3 Å². The Morgan fingerprint density at radius 2 is 2.06 bits per heavy atom. The van der Waals surface area contributed by atoms with Gasteiger partial charge < -0.3 is 9.73 Å². The molecule has 0 radical (unpaired) electrons. The Kier molecular flexibility index (Phi) is 5.17. The van der Waals surface area contributed by atoms with Crippen LogP contribution in [0.4, 0.5) is 5.69 Å². The fourth-order valence-corrected chi connectivity index (χ4v) is 3.67. The predicted octanol–water partition coefficient (Wildman–Crippen LogP) is 5.35. The molecular formula is C24H18ClN5O2. The van der Waals surface area contributed by atoms with Gasteiger partial charge in [0.1, 0.15) is 12.3 Å². The number of carbonyl (C=O) groups excluding carboxylic acids is 1. The first-order valence-electron chi connectivity index (χ1n) is 9.96. The first kappa shape index (κ1) is 20.0. The number of amides is 1. The smallest absolute Gasteiger partial charge is 0.256 e. The third-order valence-corrected chi connectivity index (χ3v) is 5.62. The molecule has 0 bridgehead atoms. The van der Waals surface area contributed by atoms with Crippen LogP contribution in [0.2, 0.25) is 5.02 Å². The molecule has 0 fully saturated rings. The summed E-state index contributed by atoms with van der Waals surface area (Å²) in [6.07, 6.45) is 6.67. The molecule has 158 valence electrons. The van der Waals surface area contributed by atoms with E-state index in [0.717, 1.165) is 16.9 Å². The van der Waals surface area contributed by atoms with Gasteiger partial charge in [0.05, 0.1) is 29.1 Å². The minimum atomic E-state index is -0.273. The highest BCUT2D eigenvalue weighted by Gasteiger charge is 2.19. The van der Waals surface area contributed by atoms with Gasteiger partial charge in [-0.3, -0.25) is 9.78 Å². The summed E-state index contributed by atoms with van der Waals surface area (Å²) in [5.41, 5.74) is 3.91. The van der Waals surface area contributed by atoms with Gasteiger partial charge in [0, 0.05) is 28.7 Å². The number of aromatic nitrogens is 4. The van der Waals surface area contributed by atoms with E-state index in [1.165, 1.54) is 0 Å². The lowest BCUT2D eigenvalue weighted by molar-refractivity contribution is 0.102. The van der Waals surface area contributed by atoms with Crippen molar-refractivity contribution in [3.63, 3.8) is 0 Å². The molecule has 0 unspecified atom stereocenters. The Morgan fingerprint density at radius 3 is 2.84 bits per heavy atom. The van der Waals surface area contributed by atoms with Crippen molar-refractivity contribution in [2.45, 2.75) is 13.5 Å². The van der Waals surface area contributed by atoms with Crippen LogP contribution in [0.15, 0.2) is 77.8 Å². The SMILES string of the molecule is Cc1c(Cl)cccc1NC(=O)c1cc(-c2cccnc2)nc2c1cnn2Cc1ccco1. The number of carbonyl (C=O) groups is 1. The van der Waals surface area contributed by atoms with Crippen molar-refractivity contribution in [3.05, 3.63) is 95.3 Å². The van der Waals surface area contributed by atoms with Crippen LogP contribution in [0.5, 0.6) is 0 Å². The van der Waals surface area contributed by atoms with Crippen molar-refractivity contribution in [1.82, 2.24) is 19.7 Å². The van der Waals surface area contributed by atoms with E-state index in [9.17, 15) is 4.79 Å². The van der Waals surface area contributed by atoms with Crippen LogP contribution in [-0.2, 0) is 6.54 Å². The average Bonchev–Trinajstić information content (AvgIpc) is 3.47. The second-order valence-electron chi connectivity index (χ2n) is 7.28. The molecule has 0 spiro atoms. The van der Waals surface area contributed by atoms with Crippen molar-refractivity contribution in [1.29, 1.82) is 0 Å². The Hall–Kier alpha value is -3.97. The molecule has 32 heavy (non-hydrogen) atoms. The number of nitrogens with one attached hydrogen (secondary N) is 1. The van der Waals surface area contributed by atoms with E-state index in [1.54, 1.807) is 47.7 Å². The predicted molar refractivity (Wildman–Crippen MR) is 123 cm³/mol. The fourth-order valence-electron chi connectivity index (χ4n) is 3.50. The molecule has 4 heterocycles. The summed E-state index contributed by atoms with van der Waals surface area (Å²) in [6.45, 7) is 2.26. The maximum Gasteiger partial charge on any atom is 0.256 e. The molecule has 5 rings (SSSR count). The molecule has 0 saturated carbocycles. The standard InChI is InChI=1S/C24H18ClN5O2/c1-15-20(25)7-2-8-21(15)29-24(31)18-11-22(16-5-3-9-26-12-16)28-23-19(18)13-27-30(23)14-17-6-4-10-32-17/h2-13H,14H2,1H3,(H,29,31). The number of pyridine rings is 2. The molecule has 1 aromatic carbocycles. The lowest BCUT2D eigenvalue weighted by Crippen LogP contribution is -2.14. The van der Waals surface area contributed by atoms with Gasteiger partial charge in [0.25, 0.3) is 5.91 Å². The van der Waals surface area contributed by atoms with Crippen molar-refractivity contribution < 1.29 is 9.21 Å². The van der Waals surface area contributed by atoms with Gasteiger partial charge in [0.15, 0.2) is 5.65 Å². The molecule has 0 atom stereocenters. The molecular weight excluding hydrogens is 426 g/mol. The largest absolute Gasteiger partial charge is 0.467 e. The zero-order valence-corrected chi connectivity index (χ0v) is 17.9. The summed E-state index contributed by atoms with van der Waals surface area (Å²) in [5, 5.41) is 8.66. The summed E-state index contributed by atoms with van der Waals surface area (Å²) in [7, 11) is 0. The lowest BCUT2D eigenvalue weighted by Gasteiger charge is -2.11. The van der Waals surface area contributed by atoms with Crippen molar-refractivity contribution in [2.24, 2.45) is 0 Å². The number of rotatable bonds is 5. The molecule has 0 aliphatic rings. The third-order valence-electron chi connectivity index (χ3n) is 5.21. The van der Waals surface area contributed by atoms with E-state index in [2.05, 4.69) is 15.4 Å². The number of hydrogen-bond donors (Lipinski definition) is 1. The summed E-state index contributed by atoms with van der Waals surface area (Å²) < 4.78 is 7.18. The van der Waals surface area contributed by atoms with E-state index in [-0.39, 0.29) is 5.91 Å². The van der Waals surface area contributed by atoms with Gasteiger partial charge in [-0.05, 0) is 55.0 Å². The molecule has 0 aliphatic heterocycles. The minimum Gasteiger partial charge on any atom is -0.467 e. The highest BCUT2D eigenvalue weighted by atomic mass is 35.5.